The predicted octanol–water partition coefficient (Wildman–Crippen LogP) is 3.55. The summed E-state index contributed by atoms with van der Waals surface area (Å²) in [6.45, 7) is 0.154. The topological polar surface area (TPSA) is 127 Å². The first kappa shape index (κ1) is 25.5. The molecule has 1 unspecified atom stereocenters. The maximum absolute atomic E-state index is 13.3. The van der Waals surface area contributed by atoms with Crippen LogP contribution in [0.5, 0.6) is 0 Å². The van der Waals surface area contributed by atoms with Gasteiger partial charge in [-0.25, -0.2) is 9.48 Å². The number of anilines is 2. The van der Waals surface area contributed by atoms with Gasteiger partial charge in [-0.3, -0.25) is 9.78 Å². The van der Waals surface area contributed by atoms with E-state index in [1.807, 2.05) is 0 Å². The molecule has 4 rings (SSSR count). The number of amides is 1. The van der Waals surface area contributed by atoms with Gasteiger partial charge in [-0.1, -0.05) is 17.3 Å². The molecule has 2 aromatic heterocycles. The zero-order valence-corrected chi connectivity index (χ0v) is 17.5. The zero-order chi connectivity index (χ0) is 26.0. The van der Waals surface area contributed by atoms with Crippen molar-refractivity contribution in [2.24, 2.45) is 0 Å². The number of benzene rings is 1. The summed E-state index contributed by atoms with van der Waals surface area (Å²) in [5, 5.41) is 15.1. The van der Waals surface area contributed by atoms with Crippen LogP contribution in [0.3, 0.4) is 0 Å². The second-order valence-corrected chi connectivity index (χ2v) is 7.16. The summed E-state index contributed by atoms with van der Waals surface area (Å²) >= 11 is 0. The Hall–Kier alpha value is -4.17. The second kappa shape index (κ2) is 9.60. The molecule has 1 atom stereocenters. The minimum Gasteiger partial charge on any atom is -0.475 e. The lowest BCUT2D eigenvalue weighted by Gasteiger charge is -2.21. The van der Waals surface area contributed by atoms with Gasteiger partial charge in [0.1, 0.15) is 11.7 Å². The van der Waals surface area contributed by atoms with Crippen molar-refractivity contribution in [1.82, 2.24) is 20.0 Å². The van der Waals surface area contributed by atoms with E-state index >= 15 is 0 Å². The van der Waals surface area contributed by atoms with Crippen molar-refractivity contribution in [1.29, 1.82) is 0 Å². The number of carbonyl (C=O) groups excluding carboxylic acids is 1. The Bertz CT molecular complexity index is 1230. The fourth-order valence-corrected chi connectivity index (χ4v) is 3.27. The molecule has 0 saturated carbocycles. The summed E-state index contributed by atoms with van der Waals surface area (Å²) in [7, 11) is 0. The zero-order valence-electron chi connectivity index (χ0n) is 17.5. The molecule has 186 valence electrons. The van der Waals surface area contributed by atoms with Gasteiger partial charge in [-0.15, -0.1) is 5.10 Å². The van der Waals surface area contributed by atoms with Crippen molar-refractivity contribution in [3.05, 3.63) is 54.5 Å². The summed E-state index contributed by atoms with van der Waals surface area (Å²) in [6.07, 6.45) is -4.69. The van der Waals surface area contributed by atoms with Crippen LogP contribution < -0.4 is 10.6 Å². The predicted molar refractivity (Wildman–Crippen MR) is 109 cm³/mol. The number of aromatic nitrogens is 4. The highest BCUT2D eigenvalue weighted by Crippen LogP contribution is 2.39. The van der Waals surface area contributed by atoms with Crippen LogP contribution >= 0.6 is 0 Å². The maximum Gasteiger partial charge on any atom is 0.490 e. The van der Waals surface area contributed by atoms with E-state index in [-0.39, 0.29) is 12.2 Å². The Morgan fingerprint density at radius 3 is 2.37 bits per heavy atom. The Morgan fingerprint density at radius 2 is 1.77 bits per heavy atom. The van der Waals surface area contributed by atoms with E-state index in [0.717, 1.165) is 11.0 Å². The average Bonchev–Trinajstić information content (AvgIpc) is 3.40. The third-order valence-corrected chi connectivity index (χ3v) is 4.88. The Balaban J connectivity index is 0.000000429. The highest BCUT2D eigenvalue weighted by atomic mass is 19.4. The molecule has 0 bridgehead atoms. The van der Waals surface area contributed by atoms with Crippen molar-refractivity contribution >= 4 is 23.3 Å². The van der Waals surface area contributed by atoms with Crippen LogP contribution in [0.15, 0.2) is 48.9 Å². The smallest absolute Gasteiger partial charge is 0.475 e. The SMILES string of the molecule is Nc1ccncc1-c1cn(C2CCN(c3ccccc3C(F)(F)F)C2=O)nn1.O=C(O)C(F)(F)F. The lowest BCUT2D eigenvalue weighted by atomic mass is 10.1. The fraction of sp³-hybridized carbons (Fsp3) is 0.250. The molecule has 1 fully saturated rings. The number of para-hydroxylation sites is 1. The highest BCUT2D eigenvalue weighted by molar-refractivity contribution is 5.99. The largest absolute Gasteiger partial charge is 0.490 e. The van der Waals surface area contributed by atoms with Gasteiger partial charge < -0.3 is 15.7 Å². The molecule has 0 spiro atoms. The summed E-state index contributed by atoms with van der Waals surface area (Å²) < 4.78 is 73.0. The Labute approximate surface area is 192 Å². The van der Waals surface area contributed by atoms with Crippen LogP contribution in [0.4, 0.5) is 37.7 Å². The average molecular weight is 502 g/mol. The molecule has 1 aliphatic heterocycles. The molecular formula is C20H16F6N6O3. The number of hydrogen-bond acceptors (Lipinski definition) is 6. The number of hydrogen-bond donors (Lipinski definition) is 2. The Kier molecular flexibility index (Phi) is 6.98. The minimum absolute atomic E-state index is 0.153. The molecule has 9 nitrogen and oxygen atoms in total. The normalized spacial score (nSPS) is 16.1. The molecule has 1 saturated heterocycles. The molecule has 1 aliphatic rings. The van der Waals surface area contributed by atoms with E-state index in [1.54, 1.807) is 18.5 Å². The summed E-state index contributed by atoms with van der Waals surface area (Å²) in [5.74, 6) is -3.22. The third kappa shape index (κ3) is 5.67. The lowest BCUT2D eigenvalue weighted by Crippen LogP contribution is -2.30. The van der Waals surface area contributed by atoms with E-state index < -0.39 is 35.8 Å². The number of nitrogens with zero attached hydrogens (tertiary/aromatic N) is 5. The van der Waals surface area contributed by atoms with Crippen LogP contribution in [-0.2, 0) is 15.8 Å². The molecule has 1 amide bonds. The van der Waals surface area contributed by atoms with Crippen LogP contribution in [0.25, 0.3) is 11.3 Å². The molecule has 0 aliphatic carbocycles. The molecule has 35 heavy (non-hydrogen) atoms. The van der Waals surface area contributed by atoms with Crippen molar-refractivity contribution in [3.63, 3.8) is 0 Å². The maximum atomic E-state index is 13.3. The second-order valence-electron chi connectivity index (χ2n) is 7.16. The quantitative estimate of drug-likeness (QED) is 0.525. The van der Waals surface area contributed by atoms with E-state index in [9.17, 15) is 31.1 Å². The Morgan fingerprint density at radius 1 is 1.11 bits per heavy atom. The summed E-state index contributed by atoms with van der Waals surface area (Å²) in [4.78, 5) is 26.9. The third-order valence-electron chi connectivity index (χ3n) is 4.88. The van der Waals surface area contributed by atoms with Crippen molar-refractivity contribution in [3.8, 4) is 11.3 Å². The van der Waals surface area contributed by atoms with E-state index in [0.29, 0.717) is 23.4 Å². The van der Waals surface area contributed by atoms with Gasteiger partial charge in [-0.05, 0) is 24.6 Å². The first-order valence-electron chi connectivity index (χ1n) is 9.70. The number of carboxylic acids is 1. The minimum atomic E-state index is -5.08. The van der Waals surface area contributed by atoms with Gasteiger partial charge in [0.05, 0.1) is 17.4 Å². The van der Waals surface area contributed by atoms with Crippen molar-refractivity contribution in [2.75, 3.05) is 17.2 Å². The monoisotopic (exact) mass is 502 g/mol. The number of pyridine rings is 1. The molecule has 15 heteroatoms. The molecule has 3 N–H and O–H groups in total. The van der Waals surface area contributed by atoms with Gasteiger partial charge in [0.2, 0.25) is 0 Å². The van der Waals surface area contributed by atoms with Crippen LogP contribution in [0, 0.1) is 0 Å². The fourth-order valence-electron chi connectivity index (χ4n) is 3.27. The lowest BCUT2D eigenvalue weighted by molar-refractivity contribution is -0.192. The molecule has 1 aromatic carbocycles. The van der Waals surface area contributed by atoms with Crippen LogP contribution in [0.2, 0.25) is 0 Å². The standard InChI is InChI=1S/C18H15F3N6O.C2HF3O2/c19-18(20,21)12-3-1-2-4-15(12)26-8-6-16(17(26)28)27-10-14(24-25-27)11-9-23-7-5-13(11)22;3-2(4,5)1(6)7/h1-5,7,9-10,16H,6,8H2,(H2,22,23);(H,6,7). The molecule has 3 aromatic rings. The van der Waals surface area contributed by atoms with Gasteiger partial charge in [0.25, 0.3) is 5.91 Å². The number of halogens is 6. The van der Waals surface area contributed by atoms with Gasteiger partial charge >= 0.3 is 18.3 Å². The van der Waals surface area contributed by atoms with E-state index in [1.165, 1.54) is 29.1 Å². The number of nitrogens with two attached hydrogens (primary N) is 1. The van der Waals surface area contributed by atoms with Crippen molar-refractivity contribution in [2.45, 2.75) is 24.8 Å². The van der Waals surface area contributed by atoms with E-state index in [4.69, 9.17) is 15.6 Å². The van der Waals surface area contributed by atoms with E-state index in [2.05, 4.69) is 15.3 Å². The van der Waals surface area contributed by atoms with Crippen LogP contribution in [-0.4, -0.2) is 49.7 Å². The van der Waals surface area contributed by atoms with Crippen LogP contribution in [0.1, 0.15) is 18.0 Å². The number of aliphatic carboxylic acids is 1. The highest BCUT2D eigenvalue weighted by Gasteiger charge is 2.41. The number of rotatable bonds is 3. The molecule has 3 heterocycles. The first-order chi connectivity index (χ1) is 16.3. The number of nitrogen functional groups attached to an aromatic ring is 1. The van der Waals surface area contributed by atoms with Gasteiger partial charge in [0.15, 0.2) is 0 Å². The molecular weight excluding hydrogens is 486 g/mol. The first-order valence-corrected chi connectivity index (χ1v) is 9.70. The van der Waals surface area contributed by atoms with Gasteiger partial charge in [-0.2, -0.15) is 26.3 Å². The van der Waals surface area contributed by atoms with Gasteiger partial charge in [0, 0.05) is 30.2 Å². The summed E-state index contributed by atoms with van der Waals surface area (Å²) in [5.41, 5.74) is 6.37. The molecule has 0 radical (unpaired) electrons. The van der Waals surface area contributed by atoms with Crippen molar-refractivity contribution < 1.29 is 41.0 Å². The number of carboxylic acid groups (broad SMARTS) is 1. The number of carbonyl (C=O) groups is 2. The number of alkyl halides is 6. The summed E-state index contributed by atoms with van der Waals surface area (Å²) in [6, 6.07) is 5.92.